The summed E-state index contributed by atoms with van der Waals surface area (Å²) in [4.78, 5) is 18.8. The van der Waals surface area contributed by atoms with Crippen LogP contribution < -0.4 is 0 Å². The van der Waals surface area contributed by atoms with Gasteiger partial charge in [-0.25, -0.2) is 12.8 Å². The largest absolute Gasteiger partial charge is 0.330 e. The summed E-state index contributed by atoms with van der Waals surface area (Å²) in [5.74, 6) is -1.27. The van der Waals surface area contributed by atoms with Gasteiger partial charge in [-0.05, 0) is 47.9 Å². The van der Waals surface area contributed by atoms with E-state index < -0.39 is 26.6 Å². The third kappa shape index (κ3) is 5.64. The summed E-state index contributed by atoms with van der Waals surface area (Å²) in [5.41, 5.74) is 2.94. The summed E-state index contributed by atoms with van der Waals surface area (Å²) in [7, 11) is -4.06. The second kappa shape index (κ2) is 10.7. The monoisotopic (exact) mass is 469 g/mol. The molecule has 0 fully saturated rings. The van der Waals surface area contributed by atoms with E-state index in [2.05, 4.69) is 4.98 Å². The normalized spacial score (nSPS) is 11.5. The molecular weight excluding hydrogens is 441 g/mol. The van der Waals surface area contributed by atoms with Crippen molar-refractivity contribution in [3.8, 4) is 0 Å². The molecule has 0 bridgehead atoms. The number of carbonyl (C=O) groups excluding carboxylic acids is 1. The summed E-state index contributed by atoms with van der Waals surface area (Å²) < 4.78 is 41.6. The van der Waals surface area contributed by atoms with Crippen molar-refractivity contribution in [2.45, 2.75) is 38.8 Å². The third-order valence-electron chi connectivity index (χ3n) is 5.51. The van der Waals surface area contributed by atoms with E-state index in [9.17, 15) is 17.6 Å². The van der Waals surface area contributed by atoms with E-state index in [0.29, 0.717) is 6.54 Å². The number of hydrogen-bond donors (Lipinski definition) is 0. The zero-order valence-electron chi connectivity index (χ0n) is 19.0. The van der Waals surface area contributed by atoms with E-state index in [0.717, 1.165) is 28.8 Å². The first-order valence-electron chi connectivity index (χ1n) is 10.8. The van der Waals surface area contributed by atoms with Crippen LogP contribution in [-0.2, 0) is 23.1 Å². The maximum absolute atomic E-state index is 14.6. The molecule has 8 heteroatoms. The number of sulfonamides is 1. The summed E-state index contributed by atoms with van der Waals surface area (Å²) in [6.07, 6.45) is 3.33. The van der Waals surface area contributed by atoms with Crippen LogP contribution in [0.3, 0.4) is 0 Å². The van der Waals surface area contributed by atoms with Crippen LogP contribution in [0.2, 0.25) is 0 Å². The number of halogens is 1. The molecule has 0 aliphatic carbocycles. The van der Waals surface area contributed by atoms with Crippen LogP contribution in [0.15, 0.2) is 71.9 Å². The summed E-state index contributed by atoms with van der Waals surface area (Å²) in [6.45, 7) is 6.34. The molecule has 0 radical (unpaired) electrons. The molecule has 0 saturated heterocycles. The van der Waals surface area contributed by atoms with Crippen LogP contribution in [0.1, 0.15) is 40.9 Å². The maximum atomic E-state index is 14.6. The van der Waals surface area contributed by atoms with Crippen LogP contribution in [0.25, 0.3) is 0 Å². The number of nitrogens with zero attached hydrogens (tertiary/aromatic N) is 3. The van der Waals surface area contributed by atoms with Gasteiger partial charge in [0.05, 0.1) is 0 Å². The Bertz CT molecular complexity index is 1210. The first kappa shape index (κ1) is 24.5. The lowest BCUT2D eigenvalue weighted by Crippen LogP contribution is -2.33. The SMILES string of the molecule is CCN(CC)S(=O)(=O)c1cc(C(=O)N(Cc2cccnc2)Cc2ccccc2C)ccc1F. The van der Waals surface area contributed by atoms with Crippen LogP contribution in [0, 0.1) is 12.7 Å². The fraction of sp³-hybridized carbons (Fsp3) is 0.280. The van der Waals surface area contributed by atoms with Crippen LogP contribution >= 0.6 is 0 Å². The fourth-order valence-electron chi connectivity index (χ4n) is 3.62. The van der Waals surface area contributed by atoms with Gasteiger partial charge in [0.1, 0.15) is 10.7 Å². The lowest BCUT2D eigenvalue weighted by molar-refractivity contribution is 0.0729. The number of amides is 1. The Morgan fingerprint density at radius 2 is 1.73 bits per heavy atom. The first-order valence-corrected chi connectivity index (χ1v) is 12.2. The Balaban J connectivity index is 2.01. The first-order chi connectivity index (χ1) is 15.8. The molecule has 2 aromatic carbocycles. The van der Waals surface area contributed by atoms with Crippen molar-refractivity contribution < 1.29 is 17.6 Å². The van der Waals surface area contributed by atoms with Crippen molar-refractivity contribution in [2.24, 2.45) is 0 Å². The predicted octanol–water partition coefficient (Wildman–Crippen LogP) is 4.40. The lowest BCUT2D eigenvalue weighted by Gasteiger charge is -2.25. The fourth-order valence-corrected chi connectivity index (χ4v) is 5.17. The maximum Gasteiger partial charge on any atom is 0.254 e. The molecule has 0 atom stereocenters. The number of carbonyl (C=O) groups is 1. The van der Waals surface area contributed by atoms with Gasteiger partial charge in [0, 0.05) is 44.1 Å². The minimum atomic E-state index is -4.06. The molecule has 0 saturated carbocycles. The van der Waals surface area contributed by atoms with Gasteiger partial charge in [0.15, 0.2) is 0 Å². The van der Waals surface area contributed by atoms with Crippen LogP contribution in [-0.4, -0.2) is 41.6 Å². The van der Waals surface area contributed by atoms with Gasteiger partial charge in [-0.3, -0.25) is 9.78 Å². The van der Waals surface area contributed by atoms with E-state index in [1.807, 2.05) is 37.3 Å². The average molecular weight is 470 g/mol. The predicted molar refractivity (Wildman–Crippen MR) is 126 cm³/mol. The Hall–Kier alpha value is -3.10. The molecule has 0 spiro atoms. The molecule has 3 aromatic rings. The van der Waals surface area contributed by atoms with Crippen molar-refractivity contribution in [2.75, 3.05) is 13.1 Å². The average Bonchev–Trinajstić information content (AvgIpc) is 2.81. The van der Waals surface area contributed by atoms with E-state index in [1.165, 1.54) is 10.4 Å². The number of aromatic nitrogens is 1. The highest BCUT2D eigenvalue weighted by Gasteiger charge is 2.27. The summed E-state index contributed by atoms with van der Waals surface area (Å²) in [6, 6.07) is 14.9. The second-order valence-electron chi connectivity index (χ2n) is 7.68. The van der Waals surface area contributed by atoms with Gasteiger partial charge in [-0.2, -0.15) is 4.31 Å². The van der Waals surface area contributed by atoms with Gasteiger partial charge in [0.2, 0.25) is 10.0 Å². The molecule has 0 aliphatic heterocycles. The third-order valence-corrected chi connectivity index (χ3v) is 7.57. The number of aryl methyl sites for hydroxylation is 1. The van der Waals surface area contributed by atoms with Gasteiger partial charge >= 0.3 is 0 Å². The summed E-state index contributed by atoms with van der Waals surface area (Å²) in [5, 5.41) is 0. The molecule has 0 unspecified atom stereocenters. The highest BCUT2D eigenvalue weighted by Crippen LogP contribution is 2.23. The van der Waals surface area contributed by atoms with Crippen molar-refractivity contribution in [3.63, 3.8) is 0 Å². The molecule has 0 N–H and O–H groups in total. The van der Waals surface area contributed by atoms with Gasteiger partial charge in [-0.15, -0.1) is 0 Å². The minimum absolute atomic E-state index is 0.111. The van der Waals surface area contributed by atoms with Gasteiger partial charge < -0.3 is 4.90 Å². The topological polar surface area (TPSA) is 70.6 Å². The number of pyridine rings is 1. The van der Waals surface area contributed by atoms with Crippen LogP contribution in [0.5, 0.6) is 0 Å². The van der Waals surface area contributed by atoms with Crippen molar-refractivity contribution in [1.82, 2.24) is 14.2 Å². The Morgan fingerprint density at radius 3 is 2.36 bits per heavy atom. The summed E-state index contributed by atoms with van der Waals surface area (Å²) >= 11 is 0. The molecule has 1 aromatic heterocycles. The second-order valence-corrected chi connectivity index (χ2v) is 9.59. The van der Waals surface area contributed by atoms with Crippen molar-refractivity contribution in [1.29, 1.82) is 0 Å². The number of hydrogen-bond acceptors (Lipinski definition) is 4. The highest BCUT2D eigenvalue weighted by molar-refractivity contribution is 7.89. The number of benzene rings is 2. The minimum Gasteiger partial charge on any atom is -0.330 e. The highest BCUT2D eigenvalue weighted by atomic mass is 32.2. The Labute approximate surface area is 194 Å². The molecule has 6 nitrogen and oxygen atoms in total. The standard InChI is InChI=1S/C25H28FN3O3S/c1-4-29(5-2)33(31,32)24-15-21(12-13-23(24)26)25(30)28(17-20-10-8-14-27-16-20)18-22-11-7-6-9-19(22)3/h6-16H,4-5,17-18H2,1-3H3. The van der Waals surface area contributed by atoms with E-state index in [4.69, 9.17) is 0 Å². The molecule has 1 amide bonds. The molecule has 3 rings (SSSR count). The van der Waals surface area contributed by atoms with Crippen molar-refractivity contribution >= 4 is 15.9 Å². The van der Waals surface area contributed by atoms with Gasteiger partial charge in [-0.1, -0.05) is 44.2 Å². The molecular formula is C25H28FN3O3S. The van der Waals surface area contributed by atoms with Gasteiger partial charge in [0.25, 0.3) is 5.91 Å². The number of rotatable bonds is 9. The lowest BCUT2D eigenvalue weighted by atomic mass is 10.1. The van der Waals surface area contributed by atoms with Crippen LogP contribution in [0.4, 0.5) is 4.39 Å². The smallest absolute Gasteiger partial charge is 0.254 e. The van der Waals surface area contributed by atoms with E-state index in [-0.39, 0.29) is 25.2 Å². The van der Waals surface area contributed by atoms with E-state index >= 15 is 0 Å². The van der Waals surface area contributed by atoms with E-state index in [1.54, 1.807) is 37.2 Å². The molecule has 174 valence electrons. The quantitative estimate of drug-likeness (QED) is 0.466. The van der Waals surface area contributed by atoms with Crippen molar-refractivity contribution in [3.05, 3.63) is 95.1 Å². The Kier molecular flexibility index (Phi) is 7.94. The molecule has 0 aliphatic rings. The zero-order valence-corrected chi connectivity index (χ0v) is 19.8. The Morgan fingerprint density at radius 1 is 1.00 bits per heavy atom. The zero-order chi connectivity index (χ0) is 24.0. The molecule has 33 heavy (non-hydrogen) atoms. The molecule has 1 heterocycles.